The SMILES string of the molecule is CN1C(=O)[C@@H](NC(=O)c2cn3c(-c4ccc(F)cc4F)csc3n2)COc2ccc(C#CC(C)(C)N3CCOCC3)cc21. The van der Waals surface area contributed by atoms with Crippen LogP contribution in [0.5, 0.6) is 5.75 Å². The van der Waals surface area contributed by atoms with E-state index in [2.05, 4.69) is 40.9 Å². The Morgan fingerprint density at radius 2 is 1.95 bits per heavy atom. The predicted molar refractivity (Wildman–Crippen MR) is 158 cm³/mol. The van der Waals surface area contributed by atoms with Crippen LogP contribution in [0.3, 0.4) is 0 Å². The first-order chi connectivity index (χ1) is 20.6. The van der Waals surface area contributed by atoms with Crippen LogP contribution in [0.1, 0.15) is 29.9 Å². The molecule has 0 spiro atoms. The molecule has 0 aliphatic carbocycles. The van der Waals surface area contributed by atoms with Crippen LogP contribution in [0, 0.1) is 23.5 Å². The zero-order valence-electron chi connectivity index (χ0n) is 23.8. The number of thiazole rings is 1. The summed E-state index contributed by atoms with van der Waals surface area (Å²) in [6.07, 6.45) is 1.46. The molecule has 1 atom stereocenters. The molecule has 2 amide bonds. The van der Waals surface area contributed by atoms with Crippen molar-refractivity contribution >= 4 is 33.8 Å². The lowest BCUT2D eigenvalue weighted by Crippen LogP contribution is -2.49. The van der Waals surface area contributed by atoms with Crippen molar-refractivity contribution < 1.29 is 27.8 Å². The Labute approximate surface area is 251 Å². The summed E-state index contributed by atoms with van der Waals surface area (Å²) in [7, 11) is 1.62. The molecule has 0 unspecified atom stereocenters. The van der Waals surface area contributed by atoms with E-state index in [1.807, 2.05) is 6.07 Å². The van der Waals surface area contributed by atoms with Crippen molar-refractivity contribution in [3.05, 3.63) is 70.9 Å². The van der Waals surface area contributed by atoms with Crippen LogP contribution in [-0.2, 0) is 9.53 Å². The summed E-state index contributed by atoms with van der Waals surface area (Å²) in [5, 5.41) is 4.40. The highest BCUT2D eigenvalue weighted by molar-refractivity contribution is 7.15. The molecule has 43 heavy (non-hydrogen) atoms. The summed E-state index contributed by atoms with van der Waals surface area (Å²) < 4.78 is 40.8. The summed E-state index contributed by atoms with van der Waals surface area (Å²) >= 11 is 1.21. The molecule has 12 heteroatoms. The maximum absolute atomic E-state index is 14.4. The first kappa shape index (κ1) is 28.8. The molecule has 6 rings (SSSR count). The fourth-order valence-corrected chi connectivity index (χ4v) is 6.00. The molecule has 0 bridgehead atoms. The number of anilines is 1. The Kier molecular flexibility index (Phi) is 7.64. The van der Waals surface area contributed by atoms with E-state index in [1.165, 1.54) is 34.6 Å². The van der Waals surface area contributed by atoms with Crippen LogP contribution in [0.4, 0.5) is 14.5 Å². The average molecular weight is 606 g/mol. The molecule has 0 saturated carbocycles. The minimum atomic E-state index is -0.978. The number of carbonyl (C=O) groups is 2. The highest BCUT2D eigenvalue weighted by Crippen LogP contribution is 2.32. The van der Waals surface area contributed by atoms with Gasteiger partial charge in [-0.15, -0.1) is 11.3 Å². The first-order valence-electron chi connectivity index (χ1n) is 13.7. The van der Waals surface area contributed by atoms with E-state index in [9.17, 15) is 18.4 Å². The second kappa shape index (κ2) is 11.4. The van der Waals surface area contributed by atoms with Gasteiger partial charge in [0, 0.05) is 48.9 Å². The molecule has 2 aromatic carbocycles. The number of imidazole rings is 1. The van der Waals surface area contributed by atoms with Crippen LogP contribution < -0.4 is 15.0 Å². The Hall–Kier alpha value is -4.31. The lowest BCUT2D eigenvalue weighted by molar-refractivity contribution is -0.120. The normalized spacial score (nSPS) is 17.6. The minimum absolute atomic E-state index is 0.0493. The van der Waals surface area contributed by atoms with Gasteiger partial charge in [0.15, 0.2) is 4.96 Å². The average Bonchev–Trinajstić information content (AvgIpc) is 3.57. The fourth-order valence-electron chi connectivity index (χ4n) is 5.12. The van der Waals surface area contributed by atoms with Crippen LogP contribution in [0.2, 0.25) is 0 Å². The fraction of sp³-hybridized carbons (Fsp3) is 0.323. The molecule has 2 aliphatic rings. The van der Waals surface area contributed by atoms with Crippen molar-refractivity contribution in [2.45, 2.75) is 25.4 Å². The number of hydrogen-bond acceptors (Lipinski definition) is 7. The number of halogens is 2. The van der Waals surface area contributed by atoms with Gasteiger partial charge in [0.05, 0.1) is 30.1 Å². The van der Waals surface area contributed by atoms with Gasteiger partial charge in [0.25, 0.3) is 11.8 Å². The number of likely N-dealkylation sites (N-methyl/N-ethyl adjacent to an activating group) is 1. The zero-order valence-corrected chi connectivity index (χ0v) is 24.6. The molecule has 1 N–H and O–H groups in total. The lowest BCUT2D eigenvalue weighted by atomic mass is 10.0. The minimum Gasteiger partial charge on any atom is -0.489 e. The molecule has 2 aliphatic heterocycles. The highest BCUT2D eigenvalue weighted by atomic mass is 32.1. The predicted octanol–water partition coefficient (Wildman–Crippen LogP) is 3.96. The topological polar surface area (TPSA) is 88.4 Å². The van der Waals surface area contributed by atoms with E-state index in [4.69, 9.17) is 9.47 Å². The number of fused-ring (bicyclic) bond motifs is 2. The summed E-state index contributed by atoms with van der Waals surface area (Å²) in [5.41, 5.74) is 1.59. The maximum atomic E-state index is 14.4. The number of aromatic nitrogens is 2. The van der Waals surface area contributed by atoms with E-state index in [1.54, 1.807) is 29.0 Å². The van der Waals surface area contributed by atoms with Gasteiger partial charge < -0.3 is 19.7 Å². The first-order valence-corrected chi connectivity index (χ1v) is 14.6. The number of nitrogens with one attached hydrogen (secondary N) is 1. The van der Waals surface area contributed by atoms with Gasteiger partial charge in [0.1, 0.15) is 35.7 Å². The third-order valence-corrected chi connectivity index (χ3v) is 8.46. The third kappa shape index (κ3) is 5.71. The molecular formula is C31H29F2N5O4S. The summed E-state index contributed by atoms with van der Waals surface area (Å²) in [6, 6.07) is 7.75. The molecule has 1 saturated heterocycles. The summed E-state index contributed by atoms with van der Waals surface area (Å²) in [5.74, 6) is 4.74. The Morgan fingerprint density at radius 1 is 1.16 bits per heavy atom. The number of carbonyl (C=O) groups excluding carboxylic acids is 2. The van der Waals surface area contributed by atoms with E-state index in [0.29, 0.717) is 35.3 Å². The van der Waals surface area contributed by atoms with Crippen LogP contribution in [-0.4, -0.2) is 77.6 Å². The smallest absolute Gasteiger partial charge is 0.272 e. The van der Waals surface area contributed by atoms with Crippen molar-refractivity contribution in [2.75, 3.05) is 44.9 Å². The molecule has 4 heterocycles. The molecule has 9 nitrogen and oxygen atoms in total. The molecule has 222 valence electrons. The Balaban J connectivity index is 1.18. The van der Waals surface area contributed by atoms with Crippen molar-refractivity contribution in [2.24, 2.45) is 0 Å². The quantitative estimate of drug-likeness (QED) is 0.355. The van der Waals surface area contributed by atoms with Crippen molar-refractivity contribution in [1.82, 2.24) is 19.6 Å². The molecular weight excluding hydrogens is 576 g/mol. The largest absolute Gasteiger partial charge is 0.489 e. The molecule has 0 radical (unpaired) electrons. The van der Waals surface area contributed by atoms with E-state index in [0.717, 1.165) is 24.7 Å². The number of ether oxygens (including phenoxy) is 2. The lowest BCUT2D eigenvalue weighted by Gasteiger charge is -2.37. The number of amides is 2. The van der Waals surface area contributed by atoms with Gasteiger partial charge in [0.2, 0.25) is 0 Å². The van der Waals surface area contributed by atoms with Gasteiger partial charge in [-0.3, -0.25) is 18.9 Å². The van der Waals surface area contributed by atoms with Crippen molar-refractivity contribution in [3.63, 3.8) is 0 Å². The molecule has 2 aromatic heterocycles. The van der Waals surface area contributed by atoms with Crippen LogP contribution >= 0.6 is 11.3 Å². The van der Waals surface area contributed by atoms with Crippen molar-refractivity contribution in [3.8, 4) is 28.8 Å². The second-order valence-corrected chi connectivity index (χ2v) is 11.7. The molecule has 4 aromatic rings. The van der Waals surface area contributed by atoms with E-state index >= 15 is 0 Å². The summed E-state index contributed by atoms with van der Waals surface area (Å²) in [6.45, 7) is 7.07. The Bertz CT molecular complexity index is 1780. The van der Waals surface area contributed by atoms with Gasteiger partial charge in [-0.25, -0.2) is 13.8 Å². The number of morpholine rings is 1. The highest BCUT2D eigenvalue weighted by Gasteiger charge is 2.32. The molecule has 1 fully saturated rings. The third-order valence-electron chi connectivity index (χ3n) is 7.62. The number of rotatable bonds is 4. The van der Waals surface area contributed by atoms with Gasteiger partial charge in [-0.1, -0.05) is 11.8 Å². The number of benzene rings is 2. The standard InChI is InChI=1S/C31H29F2N5O4S/c1-31(2,37-10-12-41-13-11-37)9-8-19-4-7-27-25(14-19)36(3)29(40)24(17-42-27)34-28(39)23-16-38-26(18-43-30(38)35-23)21-6-5-20(32)15-22(21)33/h4-7,14-16,18,24H,10-13,17H2,1-3H3,(H,34,39)/t24-/m0/s1. The van der Waals surface area contributed by atoms with Gasteiger partial charge in [-0.05, 0) is 44.2 Å². The monoisotopic (exact) mass is 605 g/mol. The van der Waals surface area contributed by atoms with Crippen LogP contribution in [0.15, 0.2) is 48.0 Å². The summed E-state index contributed by atoms with van der Waals surface area (Å²) in [4.78, 5) is 35.1. The van der Waals surface area contributed by atoms with E-state index in [-0.39, 0.29) is 29.3 Å². The van der Waals surface area contributed by atoms with E-state index < -0.39 is 23.6 Å². The Morgan fingerprint density at radius 3 is 2.72 bits per heavy atom. The number of nitrogens with zero attached hydrogens (tertiary/aromatic N) is 4. The van der Waals surface area contributed by atoms with Crippen molar-refractivity contribution in [1.29, 1.82) is 0 Å². The number of hydrogen-bond donors (Lipinski definition) is 1. The maximum Gasteiger partial charge on any atom is 0.272 e. The van der Waals surface area contributed by atoms with Gasteiger partial charge >= 0.3 is 0 Å². The van der Waals surface area contributed by atoms with Crippen LogP contribution in [0.25, 0.3) is 16.2 Å². The second-order valence-electron chi connectivity index (χ2n) is 10.8. The van der Waals surface area contributed by atoms with Gasteiger partial charge in [-0.2, -0.15) is 0 Å². The zero-order chi connectivity index (χ0) is 30.3.